The molecule has 0 fully saturated rings. The van der Waals surface area contributed by atoms with E-state index in [-0.39, 0.29) is 37.1 Å². The number of esters is 1. The third-order valence-corrected chi connectivity index (χ3v) is 3.74. The second-order valence-electron chi connectivity index (χ2n) is 5.65. The third kappa shape index (κ3) is 6.43. The van der Waals surface area contributed by atoms with Crippen LogP contribution in [0.1, 0.15) is 33.0 Å². The summed E-state index contributed by atoms with van der Waals surface area (Å²) in [5.74, 6) is 0.816. The van der Waals surface area contributed by atoms with Gasteiger partial charge in [-0.3, -0.25) is 4.99 Å². The first-order valence-electron chi connectivity index (χ1n) is 8.03. The number of ether oxygens (including phenoxy) is 1. The predicted molar refractivity (Wildman–Crippen MR) is 109 cm³/mol. The molecule has 2 N–H and O–H groups in total. The number of guanidine groups is 1. The predicted octanol–water partition coefficient (Wildman–Crippen LogP) is 3.88. The molecule has 0 aliphatic rings. The Morgan fingerprint density at radius 3 is 2.50 bits per heavy atom. The number of methoxy groups -OCH3 is 1. The summed E-state index contributed by atoms with van der Waals surface area (Å²) in [6.45, 7) is 2.05. The smallest absolute Gasteiger partial charge is 0.416 e. The van der Waals surface area contributed by atoms with E-state index in [4.69, 9.17) is 4.42 Å². The van der Waals surface area contributed by atoms with Crippen LogP contribution in [-0.2, 0) is 24.0 Å². The van der Waals surface area contributed by atoms with Gasteiger partial charge in [-0.2, -0.15) is 13.2 Å². The summed E-state index contributed by atoms with van der Waals surface area (Å²) in [5.41, 5.74) is 0.0990. The number of hydrogen-bond donors (Lipinski definition) is 2. The van der Waals surface area contributed by atoms with Gasteiger partial charge in [0, 0.05) is 13.6 Å². The van der Waals surface area contributed by atoms with Crippen LogP contribution in [-0.4, -0.2) is 26.1 Å². The Morgan fingerprint density at radius 1 is 1.21 bits per heavy atom. The Hall–Kier alpha value is -2.24. The molecule has 28 heavy (non-hydrogen) atoms. The first-order chi connectivity index (χ1) is 12.7. The van der Waals surface area contributed by atoms with Crippen LogP contribution in [0.25, 0.3) is 0 Å². The van der Waals surface area contributed by atoms with Crippen LogP contribution in [0.4, 0.5) is 13.2 Å². The fourth-order valence-corrected chi connectivity index (χ4v) is 2.38. The summed E-state index contributed by atoms with van der Waals surface area (Å²) >= 11 is 0. The van der Waals surface area contributed by atoms with E-state index in [9.17, 15) is 18.0 Å². The molecule has 6 nitrogen and oxygen atoms in total. The number of hydrogen-bond acceptors (Lipinski definition) is 4. The third-order valence-electron chi connectivity index (χ3n) is 3.74. The number of aryl methyl sites for hydroxylation is 1. The summed E-state index contributed by atoms with van der Waals surface area (Å²) in [7, 11) is 2.82. The van der Waals surface area contributed by atoms with E-state index in [1.807, 2.05) is 0 Å². The second kappa shape index (κ2) is 10.3. The highest BCUT2D eigenvalue weighted by Crippen LogP contribution is 2.29. The van der Waals surface area contributed by atoms with Crippen LogP contribution >= 0.6 is 24.0 Å². The Labute approximate surface area is 177 Å². The fourth-order valence-electron chi connectivity index (χ4n) is 2.38. The van der Waals surface area contributed by atoms with Crippen LogP contribution < -0.4 is 10.6 Å². The molecule has 0 saturated heterocycles. The number of carbonyl (C=O) groups excluding carboxylic acids is 1. The van der Waals surface area contributed by atoms with Crippen molar-refractivity contribution in [2.24, 2.45) is 4.99 Å². The minimum Gasteiger partial charge on any atom is -0.465 e. The highest BCUT2D eigenvalue weighted by atomic mass is 127. The lowest BCUT2D eigenvalue weighted by molar-refractivity contribution is -0.137. The number of aliphatic imine (C=N–C) groups is 1. The second-order valence-corrected chi connectivity index (χ2v) is 5.65. The number of rotatable bonds is 5. The molecule has 0 saturated carbocycles. The summed E-state index contributed by atoms with van der Waals surface area (Å²) in [4.78, 5) is 15.6. The van der Waals surface area contributed by atoms with Crippen LogP contribution in [0, 0.1) is 6.92 Å². The molecule has 0 bridgehead atoms. The molecule has 10 heteroatoms. The molecule has 0 radical (unpaired) electrons. The Bertz CT molecular complexity index is 835. The number of nitrogens with zero attached hydrogens (tertiary/aromatic N) is 1. The molecule has 0 atom stereocenters. The van der Waals surface area contributed by atoms with Gasteiger partial charge < -0.3 is 19.8 Å². The first-order valence-corrected chi connectivity index (χ1v) is 8.03. The highest BCUT2D eigenvalue weighted by molar-refractivity contribution is 14.0. The highest BCUT2D eigenvalue weighted by Gasteiger charge is 2.30. The average Bonchev–Trinajstić information content (AvgIpc) is 3.01. The lowest BCUT2D eigenvalue weighted by atomic mass is 10.1. The average molecular weight is 511 g/mol. The maximum atomic E-state index is 12.8. The van der Waals surface area contributed by atoms with Crippen molar-refractivity contribution in [3.8, 4) is 0 Å². The SMILES string of the molecule is CN=C(NCc1cccc(C(F)(F)F)c1)NCc1cc(C(=O)OC)c(C)o1.I. The van der Waals surface area contributed by atoms with E-state index in [0.717, 1.165) is 12.1 Å². The lowest BCUT2D eigenvalue weighted by Gasteiger charge is -2.12. The van der Waals surface area contributed by atoms with E-state index >= 15 is 0 Å². The van der Waals surface area contributed by atoms with Gasteiger partial charge in [0.25, 0.3) is 0 Å². The molecule has 0 aliphatic carbocycles. The van der Waals surface area contributed by atoms with Crippen LogP contribution in [0.2, 0.25) is 0 Å². The Balaban J connectivity index is 0.00000392. The first kappa shape index (κ1) is 23.8. The minimum absolute atomic E-state index is 0. The number of alkyl halides is 3. The maximum Gasteiger partial charge on any atom is 0.416 e. The number of benzene rings is 1. The molecule has 1 aromatic carbocycles. The van der Waals surface area contributed by atoms with E-state index in [1.165, 1.54) is 20.2 Å². The molecule has 0 spiro atoms. The zero-order valence-corrected chi connectivity index (χ0v) is 17.8. The zero-order chi connectivity index (χ0) is 20.0. The van der Waals surface area contributed by atoms with Crippen molar-refractivity contribution in [3.05, 3.63) is 58.5 Å². The molecular formula is C18H21F3IN3O3. The van der Waals surface area contributed by atoms with Gasteiger partial charge in [-0.25, -0.2) is 4.79 Å². The standard InChI is InChI=1S/C18H20F3N3O3.HI/c1-11-15(16(25)26-3)8-14(27-11)10-24-17(22-2)23-9-12-5-4-6-13(7-12)18(19,20)21;/h4-8H,9-10H2,1-3H3,(H2,22,23,24);1H. The van der Waals surface area contributed by atoms with E-state index < -0.39 is 17.7 Å². The lowest BCUT2D eigenvalue weighted by Crippen LogP contribution is -2.36. The van der Waals surface area contributed by atoms with Gasteiger partial charge in [0.2, 0.25) is 0 Å². The van der Waals surface area contributed by atoms with Crippen molar-refractivity contribution in [3.63, 3.8) is 0 Å². The van der Waals surface area contributed by atoms with Crippen molar-refractivity contribution in [1.29, 1.82) is 0 Å². The van der Waals surface area contributed by atoms with Crippen molar-refractivity contribution in [2.45, 2.75) is 26.2 Å². The van der Waals surface area contributed by atoms with Crippen LogP contribution in [0.15, 0.2) is 39.7 Å². The Kier molecular flexibility index (Phi) is 8.79. The monoisotopic (exact) mass is 511 g/mol. The molecule has 0 amide bonds. The maximum absolute atomic E-state index is 12.8. The largest absolute Gasteiger partial charge is 0.465 e. The van der Waals surface area contributed by atoms with E-state index in [2.05, 4.69) is 20.4 Å². The van der Waals surface area contributed by atoms with Gasteiger partial charge in [0.1, 0.15) is 17.1 Å². The molecule has 1 heterocycles. The van der Waals surface area contributed by atoms with Crippen LogP contribution in [0.3, 0.4) is 0 Å². The quantitative estimate of drug-likeness (QED) is 0.276. The molecule has 0 aliphatic heterocycles. The summed E-state index contributed by atoms with van der Waals surface area (Å²) in [6, 6.07) is 6.62. The van der Waals surface area contributed by atoms with Gasteiger partial charge in [-0.15, -0.1) is 24.0 Å². The van der Waals surface area contributed by atoms with Crippen molar-refractivity contribution < 1.29 is 27.1 Å². The number of carbonyl (C=O) groups is 1. The number of halogens is 4. The van der Waals surface area contributed by atoms with Crippen molar-refractivity contribution in [2.75, 3.05) is 14.2 Å². The topological polar surface area (TPSA) is 75.9 Å². The van der Waals surface area contributed by atoms with E-state index in [1.54, 1.807) is 19.1 Å². The molecule has 2 rings (SSSR count). The molecule has 2 aromatic rings. The molecule has 1 aromatic heterocycles. The van der Waals surface area contributed by atoms with Gasteiger partial charge in [-0.05, 0) is 30.7 Å². The summed E-state index contributed by atoms with van der Waals surface area (Å²) < 4.78 is 48.4. The summed E-state index contributed by atoms with van der Waals surface area (Å²) in [6.07, 6.45) is -4.38. The van der Waals surface area contributed by atoms with Gasteiger partial charge in [0.05, 0.1) is 19.2 Å². The van der Waals surface area contributed by atoms with Crippen LogP contribution in [0.5, 0.6) is 0 Å². The van der Waals surface area contributed by atoms with Gasteiger partial charge in [0.15, 0.2) is 5.96 Å². The van der Waals surface area contributed by atoms with Crippen molar-refractivity contribution in [1.82, 2.24) is 10.6 Å². The Morgan fingerprint density at radius 2 is 1.89 bits per heavy atom. The van der Waals surface area contributed by atoms with Crippen molar-refractivity contribution >= 4 is 35.9 Å². The molecule has 0 unspecified atom stereocenters. The summed E-state index contributed by atoms with van der Waals surface area (Å²) in [5, 5.41) is 5.90. The fraction of sp³-hybridized carbons (Fsp3) is 0.333. The van der Waals surface area contributed by atoms with Gasteiger partial charge >= 0.3 is 12.1 Å². The normalized spacial score (nSPS) is 11.6. The molecular weight excluding hydrogens is 490 g/mol. The molecule has 154 valence electrons. The zero-order valence-electron chi connectivity index (χ0n) is 15.5. The van der Waals surface area contributed by atoms with Gasteiger partial charge in [-0.1, -0.05) is 12.1 Å². The minimum atomic E-state index is -4.38. The number of furan rings is 1. The van der Waals surface area contributed by atoms with E-state index in [0.29, 0.717) is 28.6 Å². The number of nitrogens with one attached hydrogen (secondary N) is 2.